The Morgan fingerprint density at radius 1 is 1.26 bits per heavy atom. The molecule has 3 rings (SSSR count). The van der Waals surface area contributed by atoms with Crippen molar-refractivity contribution in [2.75, 3.05) is 6.54 Å². The lowest BCUT2D eigenvalue weighted by Gasteiger charge is -2.06. The van der Waals surface area contributed by atoms with Crippen molar-refractivity contribution in [1.29, 1.82) is 0 Å². The number of carbonyl (C=O) groups excluding carboxylic acids is 1. The van der Waals surface area contributed by atoms with Gasteiger partial charge in [0.1, 0.15) is 18.1 Å². The number of furan rings is 1. The van der Waals surface area contributed by atoms with Gasteiger partial charge in [0.05, 0.1) is 10.7 Å². The summed E-state index contributed by atoms with van der Waals surface area (Å²) in [6, 6.07) is 10.2. The lowest BCUT2D eigenvalue weighted by Crippen LogP contribution is -2.24. The topological polar surface area (TPSA) is 69.3 Å². The SMILES string of the molecule is Cc1ccn(CCCNC(=O)c2ccc(COc3ccc(Cl)cc3Cl)o2)n1. The number of hydrogen-bond acceptors (Lipinski definition) is 4. The molecule has 0 unspecified atom stereocenters. The van der Waals surface area contributed by atoms with E-state index in [-0.39, 0.29) is 18.3 Å². The number of nitrogens with one attached hydrogen (secondary N) is 1. The van der Waals surface area contributed by atoms with Gasteiger partial charge in [0.15, 0.2) is 5.76 Å². The van der Waals surface area contributed by atoms with E-state index in [2.05, 4.69) is 10.4 Å². The largest absolute Gasteiger partial charge is 0.484 e. The van der Waals surface area contributed by atoms with Crippen LogP contribution in [0.5, 0.6) is 5.75 Å². The van der Waals surface area contributed by atoms with Gasteiger partial charge in [0.25, 0.3) is 5.91 Å². The van der Waals surface area contributed by atoms with Gasteiger partial charge in [-0.15, -0.1) is 0 Å². The average Bonchev–Trinajstić information content (AvgIpc) is 3.27. The number of hydrogen-bond donors (Lipinski definition) is 1. The highest BCUT2D eigenvalue weighted by atomic mass is 35.5. The van der Waals surface area contributed by atoms with Crippen molar-refractivity contribution in [3.8, 4) is 5.75 Å². The van der Waals surface area contributed by atoms with E-state index in [1.165, 1.54) is 0 Å². The zero-order valence-corrected chi connectivity index (χ0v) is 16.3. The Kier molecular flexibility index (Phi) is 6.42. The van der Waals surface area contributed by atoms with Gasteiger partial charge in [-0.05, 0) is 49.7 Å². The molecule has 0 atom stereocenters. The van der Waals surface area contributed by atoms with Crippen molar-refractivity contribution in [3.05, 3.63) is 69.9 Å². The Labute approximate surface area is 167 Å². The van der Waals surface area contributed by atoms with Gasteiger partial charge in [-0.2, -0.15) is 5.10 Å². The van der Waals surface area contributed by atoms with Crippen LogP contribution in [0.2, 0.25) is 10.0 Å². The van der Waals surface area contributed by atoms with E-state index in [1.54, 1.807) is 30.3 Å². The fourth-order valence-corrected chi connectivity index (χ4v) is 2.90. The van der Waals surface area contributed by atoms with Crippen LogP contribution in [0.1, 0.15) is 28.4 Å². The molecule has 0 saturated carbocycles. The molecule has 0 aliphatic rings. The predicted molar refractivity (Wildman–Crippen MR) is 103 cm³/mol. The monoisotopic (exact) mass is 407 g/mol. The summed E-state index contributed by atoms with van der Waals surface area (Å²) in [7, 11) is 0. The maximum Gasteiger partial charge on any atom is 0.286 e. The van der Waals surface area contributed by atoms with E-state index in [0.717, 1.165) is 18.7 Å². The van der Waals surface area contributed by atoms with Gasteiger partial charge in [-0.1, -0.05) is 23.2 Å². The molecule has 2 aromatic heterocycles. The minimum atomic E-state index is -0.262. The minimum absolute atomic E-state index is 0.160. The quantitative estimate of drug-likeness (QED) is 0.558. The van der Waals surface area contributed by atoms with E-state index in [1.807, 2.05) is 23.9 Å². The van der Waals surface area contributed by atoms with Gasteiger partial charge < -0.3 is 14.5 Å². The van der Waals surface area contributed by atoms with Crippen molar-refractivity contribution < 1.29 is 13.9 Å². The average molecular weight is 408 g/mol. The van der Waals surface area contributed by atoms with Crippen LogP contribution in [-0.2, 0) is 13.2 Å². The number of rotatable bonds is 8. The van der Waals surface area contributed by atoms with Crippen molar-refractivity contribution in [2.24, 2.45) is 0 Å². The van der Waals surface area contributed by atoms with Crippen LogP contribution in [0.4, 0.5) is 0 Å². The zero-order chi connectivity index (χ0) is 19.2. The standard InChI is InChI=1S/C19H19Cl2N3O3/c1-13-7-10-24(23-13)9-2-8-22-19(25)18-6-4-15(27-18)12-26-17-5-3-14(20)11-16(17)21/h3-7,10-11H,2,8-9,12H2,1H3,(H,22,25). The van der Waals surface area contributed by atoms with Gasteiger partial charge >= 0.3 is 0 Å². The molecule has 142 valence electrons. The third kappa shape index (κ3) is 5.52. The molecule has 0 saturated heterocycles. The summed E-state index contributed by atoms with van der Waals surface area (Å²) >= 11 is 11.9. The Balaban J connectivity index is 1.44. The molecule has 2 heterocycles. The number of benzene rings is 1. The van der Waals surface area contributed by atoms with Gasteiger partial charge in [0, 0.05) is 24.3 Å². The maximum atomic E-state index is 12.1. The van der Waals surface area contributed by atoms with Crippen LogP contribution in [0, 0.1) is 6.92 Å². The summed E-state index contributed by atoms with van der Waals surface area (Å²) in [5.74, 6) is 1.00. The third-order valence-corrected chi connectivity index (χ3v) is 4.30. The Bertz CT molecular complexity index is 921. The van der Waals surface area contributed by atoms with Gasteiger partial charge in [0.2, 0.25) is 0 Å². The van der Waals surface area contributed by atoms with E-state index in [0.29, 0.717) is 28.1 Å². The van der Waals surface area contributed by atoms with E-state index >= 15 is 0 Å². The van der Waals surface area contributed by atoms with Gasteiger partial charge in [-0.3, -0.25) is 9.48 Å². The first-order chi connectivity index (χ1) is 13.0. The number of ether oxygens (including phenoxy) is 1. The molecule has 0 spiro atoms. The Hall–Kier alpha value is -2.44. The van der Waals surface area contributed by atoms with Crippen molar-refractivity contribution >= 4 is 29.1 Å². The lowest BCUT2D eigenvalue weighted by molar-refractivity contribution is 0.0921. The Morgan fingerprint density at radius 2 is 2.11 bits per heavy atom. The van der Waals surface area contributed by atoms with Crippen molar-refractivity contribution in [1.82, 2.24) is 15.1 Å². The molecular formula is C19H19Cl2N3O3. The first-order valence-corrected chi connectivity index (χ1v) is 9.21. The molecule has 1 N–H and O–H groups in total. The molecule has 8 heteroatoms. The number of aryl methyl sites for hydroxylation is 2. The molecule has 3 aromatic rings. The zero-order valence-electron chi connectivity index (χ0n) is 14.7. The van der Waals surface area contributed by atoms with Crippen molar-refractivity contribution in [3.63, 3.8) is 0 Å². The van der Waals surface area contributed by atoms with Crippen LogP contribution >= 0.6 is 23.2 Å². The fraction of sp³-hybridized carbons (Fsp3) is 0.263. The molecule has 0 fully saturated rings. The molecule has 1 amide bonds. The fourth-order valence-electron chi connectivity index (χ4n) is 2.44. The van der Waals surface area contributed by atoms with Crippen LogP contribution in [0.15, 0.2) is 47.0 Å². The third-order valence-electron chi connectivity index (χ3n) is 3.77. The van der Waals surface area contributed by atoms with Crippen LogP contribution < -0.4 is 10.1 Å². The highest BCUT2D eigenvalue weighted by Gasteiger charge is 2.12. The lowest BCUT2D eigenvalue weighted by atomic mass is 10.3. The maximum absolute atomic E-state index is 12.1. The molecular weight excluding hydrogens is 389 g/mol. The molecule has 0 bridgehead atoms. The molecule has 0 aliphatic heterocycles. The number of carbonyl (C=O) groups is 1. The van der Waals surface area contributed by atoms with E-state index in [4.69, 9.17) is 32.4 Å². The second-order valence-corrected chi connectivity index (χ2v) is 6.80. The second-order valence-electron chi connectivity index (χ2n) is 5.96. The predicted octanol–water partition coefficient (Wildman–Crippen LogP) is 4.49. The first kappa shape index (κ1) is 19.3. The van der Waals surface area contributed by atoms with Crippen LogP contribution in [-0.4, -0.2) is 22.2 Å². The van der Waals surface area contributed by atoms with Gasteiger partial charge in [-0.25, -0.2) is 0 Å². The first-order valence-electron chi connectivity index (χ1n) is 8.46. The molecule has 6 nitrogen and oxygen atoms in total. The highest BCUT2D eigenvalue weighted by molar-refractivity contribution is 6.35. The molecule has 27 heavy (non-hydrogen) atoms. The number of nitrogens with zero attached hydrogens (tertiary/aromatic N) is 2. The summed E-state index contributed by atoms with van der Waals surface area (Å²) in [5, 5.41) is 8.08. The highest BCUT2D eigenvalue weighted by Crippen LogP contribution is 2.28. The van der Waals surface area contributed by atoms with E-state index < -0.39 is 0 Å². The number of amides is 1. The number of halogens is 2. The Morgan fingerprint density at radius 3 is 2.85 bits per heavy atom. The van der Waals surface area contributed by atoms with Crippen LogP contribution in [0.3, 0.4) is 0 Å². The molecule has 0 aliphatic carbocycles. The summed E-state index contributed by atoms with van der Waals surface area (Å²) in [4.78, 5) is 12.1. The molecule has 1 aromatic carbocycles. The summed E-state index contributed by atoms with van der Waals surface area (Å²) < 4.78 is 13.0. The van der Waals surface area contributed by atoms with E-state index in [9.17, 15) is 4.79 Å². The van der Waals surface area contributed by atoms with Crippen LogP contribution in [0.25, 0.3) is 0 Å². The molecule has 0 radical (unpaired) electrons. The van der Waals surface area contributed by atoms with Crippen molar-refractivity contribution in [2.45, 2.75) is 26.5 Å². The number of aromatic nitrogens is 2. The minimum Gasteiger partial charge on any atom is -0.484 e. The summed E-state index contributed by atoms with van der Waals surface area (Å²) in [6.07, 6.45) is 2.70. The summed E-state index contributed by atoms with van der Waals surface area (Å²) in [6.45, 7) is 3.38. The normalized spacial score (nSPS) is 10.8. The second kappa shape index (κ2) is 8.97. The summed E-state index contributed by atoms with van der Waals surface area (Å²) in [5.41, 5.74) is 0.976. The smallest absolute Gasteiger partial charge is 0.286 e.